The van der Waals surface area contributed by atoms with Crippen LogP contribution in [0.15, 0.2) is 34.9 Å². The molecule has 0 bridgehead atoms. The summed E-state index contributed by atoms with van der Waals surface area (Å²) >= 11 is 6.12. The Bertz CT molecular complexity index is 914. The maximum absolute atomic E-state index is 12.5. The van der Waals surface area contributed by atoms with E-state index in [9.17, 15) is 4.79 Å². The van der Waals surface area contributed by atoms with Crippen molar-refractivity contribution in [3.05, 3.63) is 69.3 Å². The van der Waals surface area contributed by atoms with Gasteiger partial charge in [-0.1, -0.05) is 35.0 Å². The molecule has 0 aliphatic carbocycles. The lowest BCUT2D eigenvalue weighted by atomic mass is 10.1. The van der Waals surface area contributed by atoms with Gasteiger partial charge in [0.2, 0.25) is 0 Å². The van der Waals surface area contributed by atoms with Gasteiger partial charge in [0.05, 0.1) is 12.2 Å². The number of rotatable bonds is 5. The molecule has 0 aliphatic rings. The number of amides is 1. The molecule has 7 heteroatoms. The predicted molar refractivity (Wildman–Crippen MR) is 94.7 cm³/mol. The van der Waals surface area contributed by atoms with Crippen molar-refractivity contribution in [1.29, 1.82) is 0 Å². The third kappa shape index (κ3) is 3.74. The first-order chi connectivity index (χ1) is 12.0. The van der Waals surface area contributed by atoms with Crippen LogP contribution in [0.4, 0.5) is 0 Å². The van der Waals surface area contributed by atoms with Crippen molar-refractivity contribution >= 4 is 17.5 Å². The molecule has 0 unspecified atom stereocenters. The van der Waals surface area contributed by atoms with Crippen LogP contribution in [-0.4, -0.2) is 20.8 Å². The average molecular weight is 359 g/mol. The van der Waals surface area contributed by atoms with Crippen LogP contribution in [0.1, 0.15) is 38.8 Å². The number of hydrogen-bond acceptors (Lipinski definition) is 4. The molecule has 3 aromatic rings. The van der Waals surface area contributed by atoms with Crippen molar-refractivity contribution < 1.29 is 9.32 Å². The summed E-state index contributed by atoms with van der Waals surface area (Å²) in [5.74, 6) is 0.309. The second-order valence-electron chi connectivity index (χ2n) is 5.92. The summed E-state index contributed by atoms with van der Waals surface area (Å²) < 4.78 is 7.07. The van der Waals surface area contributed by atoms with Gasteiger partial charge < -0.3 is 9.84 Å². The van der Waals surface area contributed by atoms with Crippen LogP contribution in [-0.2, 0) is 13.1 Å². The SMILES string of the molecule is Cc1cc(C)n(Cc2c(C(=O)NCc3ccccc3Cl)noc2C)n1. The van der Waals surface area contributed by atoms with Crippen molar-refractivity contribution in [2.45, 2.75) is 33.9 Å². The molecule has 1 aromatic carbocycles. The largest absolute Gasteiger partial charge is 0.361 e. The van der Waals surface area contributed by atoms with Gasteiger partial charge in [0.15, 0.2) is 5.69 Å². The lowest BCUT2D eigenvalue weighted by Gasteiger charge is -2.07. The predicted octanol–water partition coefficient (Wildman–Crippen LogP) is 3.43. The number of halogens is 1. The van der Waals surface area contributed by atoms with E-state index in [-0.39, 0.29) is 11.6 Å². The quantitative estimate of drug-likeness (QED) is 0.758. The van der Waals surface area contributed by atoms with E-state index in [4.69, 9.17) is 16.1 Å². The molecule has 2 heterocycles. The molecule has 0 radical (unpaired) electrons. The minimum absolute atomic E-state index is 0.275. The highest BCUT2D eigenvalue weighted by atomic mass is 35.5. The zero-order valence-electron chi connectivity index (χ0n) is 14.3. The molecule has 0 aliphatic heterocycles. The number of carbonyl (C=O) groups is 1. The molecule has 3 rings (SSSR count). The van der Waals surface area contributed by atoms with Gasteiger partial charge in [-0.25, -0.2) is 0 Å². The summed E-state index contributed by atoms with van der Waals surface area (Å²) in [6.07, 6.45) is 0. The summed E-state index contributed by atoms with van der Waals surface area (Å²) in [6.45, 7) is 6.45. The van der Waals surface area contributed by atoms with Gasteiger partial charge >= 0.3 is 0 Å². The van der Waals surface area contributed by atoms with Crippen LogP contribution >= 0.6 is 11.6 Å². The van der Waals surface area contributed by atoms with E-state index in [2.05, 4.69) is 15.6 Å². The molecule has 2 aromatic heterocycles. The van der Waals surface area contributed by atoms with Crippen molar-refractivity contribution in [3.8, 4) is 0 Å². The number of hydrogen-bond donors (Lipinski definition) is 1. The van der Waals surface area contributed by atoms with E-state index in [1.54, 1.807) is 13.0 Å². The van der Waals surface area contributed by atoms with Gasteiger partial charge in [-0.15, -0.1) is 0 Å². The minimum atomic E-state index is -0.298. The van der Waals surface area contributed by atoms with Crippen LogP contribution in [0.5, 0.6) is 0 Å². The lowest BCUT2D eigenvalue weighted by Crippen LogP contribution is -2.25. The van der Waals surface area contributed by atoms with Crippen LogP contribution in [0, 0.1) is 20.8 Å². The molecule has 1 amide bonds. The fourth-order valence-electron chi connectivity index (χ4n) is 2.64. The topological polar surface area (TPSA) is 73.0 Å². The summed E-state index contributed by atoms with van der Waals surface area (Å²) in [5, 5.41) is 11.8. The molecule has 25 heavy (non-hydrogen) atoms. The first-order valence-electron chi connectivity index (χ1n) is 7.93. The highest BCUT2D eigenvalue weighted by Gasteiger charge is 2.21. The maximum Gasteiger partial charge on any atom is 0.274 e. The number of aryl methyl sites for hydroxylation is 3. The number of carbonyl (C=O) groups excluding carboxylic acids is 1. The standard InChI is InChI=1S/C18H19ClN4O2/c1-11-8-12(2)23(21-11)10-15-13(3)25-22-17(15)18(24)20-9-14-6-4-5-7-16(14)19/h4-8H,9-10H2,1-3H3,(H,20,24). The summed E-state index contributed by atoms with van der Waals surface area (Å²) in [5.41, 5.74) is 3.79. The molecule has 0 saturated carbocycles. The van der Waals surface area contributed by atoms with Gasteiger partial charge in [0.25, 0.3) is 5.91 Å². The number of aromatic nitrogens is 3. The number of nitrogens with one attached hydrogen (secondary N) is 1. The van der Waals surface area contributed by atoms with E-state index in [1.165, 1.54) is 0 Å². The molecule has 6 nitrogen and oxygen atoms in total. The molecule has 0 fully saturated rings. The first kappa shape index (κ1) is 17.2. The molecule has 0 atom stereocenters. The Labute approximate surface area is 150 Å². The summed E-state index contributed by atoms with van der Waals surface area (Å²) in [6, 6.07) is 9.37. The zero-order chi connectivity index (χ0) is 18.0. The second kappa shape index (κ2) is 7.11. The molecular formula is C18H19ClN4O2. The fourth-order valence-corrected chi connectivity index (χ4v) is 2.84. The van der Waals surface area contributed by atoms with Crippen LogP contribution < -0.4 is 5.32 Å². The Hall–Kier alpha value is -2.60. The summed E-state index contributed by atoms with van der Waals surface area (Å²) in [4.78, 5) is 12.5. The van der Waals surface area contributed by atoms with E-state index >= 15 is 0 Å². The van der Waals surface area contributed by atoms with E-state index < -0.39 is 0 Å². The van der Waals surface area contributed by atoms with E-state index in [0.29, 0.717) is 23.9 Å². The Morgan fingerprint density at radius 3 is 2.72 bits per heavy atom. The van der Waals surface area contributed by atoms with Gasteiger partial charge in [0.1, 0.15) is 5.76 Å². The van der Waals surface area contributed by atoms with Crippen LogP contribution in [0.3, 0.4) is 0 Å². The third-order valence-corrected chi connectivity index (χ3v) is 4.38. The number of nitrogens with zero attached hydrogens (tertiary/aromatic N) is 3. The molecule has 0 saturated heterocycles. The first-order valence-corrected chi connectivity index (χ1v) is 8.31. The molecular weight excluding hydrogens is 340 g/mol. The molecule has 0 spiro atoms. The Morgan fingerprint density at radius 1 is 1.28 bits per heavy atom. The van der Waals surface area contributed by atoms with Crippen molar-refractivity contribution in [2.24, 2.45) is 0 Å². The lowest BCUT2D eigenvalue weighted by molar-refractivity contribution is 0.0941. The number of benzene rings is 1. The van der Waals surface area contributed by atoms with Gasteiger partial charge in [-0.2, -0.15) is 5.10 Å². The monoisotopic (exact) mass is 358 g/mol. The zero-order valence-corrected chi connectivity index (χ0v) is 15.1. The van der Waals surface area contributed by atoms with Gasteiger partial charge in [0, 0.05) is 22.8 Å². The average Bonchev–Trinajstić information content (AvgIpc) is 3.09. The Morgan fingerprint density at radius 2 is 2.04 bits per heavy atom. The van der Waals surface area contributed by atoms with Gasteiger partial charge in [-0.3, -0.25) is 9.48 Å². The normalized spacial score (nSPS) is 10.9. The maximum atomic E-state index is 12.5. The van der Waals surface area contributed by atoms with E-state index in [1.807, 2.05) is 42.8 Å². The molecule has 130 valence electrons. The van der Waals surface area contributed by atoms with Crippen LogP contribution in [0.2, 0.25) is 5.02 Å². The Kier molecular flexibility index (Phi) is 4.90. The fraction of sp³-hybridized carbons (Fsp3) is 0.278. The third-order valence-electron chi connectivity index (χ3n) is 4.01. The highest BCUT2D eigenvalue weighted by molar-refractivity contribution is 6.31. The Balaban J connectivity index is 1.77. The minimum Gasteiger partial charge on any atom is -0.361 e. The van der Waals surface area contributed by atoms with Gasteiger partial charge in [-0.05, 0) is 38.5 Å². The highest BCUT2D eigenvalue weighted by Crippen LogP contribution is 2.18. The molecule has 1 N–H and O–H groups in total. The van der Waals surface area contributed by atoms with Crippen LogP contribution in [0.25, 0.3) is 0 Å². The second-order valence-corrected chi connectivity index (χ2v) is 6.33. The van der Waals surface area contributed by atoms with Crippen molar-refractivity contribution in [1.82, 2.24) is 20.3 Å². The van der Waals surface area contributed by atoms with E-state index in [0.717, 1.165) is 22.5 Å². The smallest absolute Gasteiger partial charge is 0.274 e. The van der Waals surface area contributed by atoms with Crippen molar-refractivity contribution in [3.63, 3.8) is 0 Å². The van der Waals surface area contributed by atoms with Crippen molar-refractivity contribution in [2.75, 3.05) is 0 Å². The summed E-state index contributed by atoms with van der Waals surface area (Å²) in [7, 11) is 0.